The van der Waals surface area contributed by atoms with Crippen molar-refractivity contribution in [3.63, 3.8) is 0 Å². The maximum atomic E-state index is 5.44. The van der Waals surface area contributed by atoms with Crippen LogP contribution < -0.4 is 5.32 Å². The molecule has 1 N–H and O–H groups in total. The van der Waals surface area contributed by atoms with Crippen LogP contribution in [0.3, 0.4) is 0 Å². The molecule has 3 heteroatoms. The quantitative estimate of drug-likeness (QED) is 0.822. The molecule has 0 unspecified atom stereocenters. The first-order valence-corrected chi connectivity index (χ1v) is 6.84. The molecule has 0 radical (unpaired) electrons. The van der Waals surface area contributed by atoms with Crippen LogP contribution in [0.4, 0.5) is 0 Å². The summed E-state index contributed by atoms with van der Waals surface area (Å²) in [5.41, 5.74) is 0. The molecule has 1 aromatic rings. The van der Waals surface area contributed by atoms with Gasteiger partial charge in [0.2, 0.25) is 0 Å². The lowest BCUT2D eigenvalue weighted by molar-refractivity contribution is 0.189. The first-order chi connectivity index (χ1) is 8.38. The number of hydrogen-bond acceptors (Lipinski definition) is 3. The first kappa shape index (κ1) is 12.7. The van der Waals surface area contributed by atoms with Gasteiger partial charge < -0.3 is 9.73 Å². The Kier molecular flexibility index (Phi) is 5.08. The van der Waals surface area contributed by atoms with Crippen LogP contribution in [0.15, 0.2) is 22.8 Å². The highest BCUT2D eigenvalue weighted by molar-refractivity contribution is 4.98. The SMILES string of the molecule is CCCN(Cc1ccco1)C[C@@H]1CCCNC1. The van der Waals surface area contributed by atoms with Gasteiger partial charge in [-0.15, -0.1) is 0 Å². The lowest BCUT2D eigenvalue weighted by Gasteiger charge is -2.29. The molecule has 0 aliphatic carbocycles. The van der Waals surface area contributed by atoms with E-state index >= 15 is 0 Å². The molecule has 0 bridgehead atoms. The molecule has 2 rings (SSSR count). The van der Waals surface area contributed by atoms with Crippen molar-refractivity contribution in [3.8, 4) is 0 Å². The van der Waals surface area contributed by atoms with Gasteiger partial charge in [-0.1, -0.05) is 6.92 Å². The van der Waals surface area contributed by atoms with E-state index in [0.29, 0.717) is 0 Å². The average Bonchev–Trinajstić information content (AvgIpc) is 2.83. The van der Waals surface area contributed by atoms with Crippen LogP contribution in [-0.4, -0.2) is 31.1 Å². The van der Waals surface area contributed by atoms with E-state index in [4.69, 9.17) is 4.42 Å². The summed E-state index contributed by atoms with van der Waals surface area (Å²) in [4.78, 5) is 2.52. The lowest BCUT2D eigenvalue weighted by Crippen LogP contribution is -2.38. The highest BCUT2D eigenvalue weighted by Gasteiger charge is 2.17. The number of piperidine rings is 1. The van der Waals surface area contributed by atoms with E-state index < -0.39 is 0 Å². The summed E-state index contributed by atoms with van der Waals surface area (Å²) in [6.07, 6.45) is 5.67. The molecule has 3 nitrogen and oxygen atoms in total. The largest absolute Gasteiger partial charge is 0.468 e. The monoisotopic (exact) mass is 236 g/mol. The van der Waals surface area contributed by atoms with Crippen molar-refractivity contribution < 1.29 is 4.42 Å². The zero-order valence-electron chi connectivity index (χ0n) is 10.8. The van der Waals surface area contributed by atoms with Crippen LogP contribution in [-0.2, 0) is 6.54 Å². The van der Waals surface area contributed by atoms with E-state index in [9.17, 15) is 0 Å². The van der Waals surface area contributed by atoms with E-state index in [1.54, 1.807) is 6.26 Å². The zero-order valence-corrected chi connectivity index (χ0v) is 10.8. The Labute approximate surface area is 104 Å². The van der Waals surface area contributed by atoms with Crippen molar-refractivity contribution in [1.82, 2.24) is 10.2 Å². The van der Waals surface area contributed by atoms with Gasteiger partial charge in [0, 0.05) is 6.54 Å². The standard InChI is InChI=1S/C14H24N2O/c1-2-8-16(12-14-6-4-9-17-14)11-13-5-3-7-15-10-13/h4,6,9,13,15H,2-3,5,7-8,10-12H2,1H3/t13-/m1/s1. The van der Waals surface area contributed by atoms with Gasteiger partial charge in [0.1, 0.15) is 5.76 Å². The second kappa shape index (κ2) is 6.82. The predicted molar refractivity (Wildman–Crippen MR) is 69.9 cm³/mol. The van der Waals surface area contributed by atoms with E-state index in [-0.39, 0.29) is 0 Å². The van der Waals surface area contributed by atoms with Crippen LogP contribution in [0.2, 0.25) is 0 Å². The van der Waals surface area contributed by atoms with Gasteiger partial charge in [0.25, 0.3) is 0 Å². The Balaban J connectivity index is 1.83. The zero-order chi connectivity index (χ0) is 11.9. The third-order valence-electron chi connectivity index (χ3n) is 3.41. The Bertz CT molecular complexity index is 291. The highest BCUT2D eigenvalue weighted by atomic mass is 16.3. The molecule has 17 heavy (non-hydrogen) atoms. The molecule has 1 aliphatic rings. The molecular weight excluding hydrogens is 212 g/mol. The fourth-order valence-corrected chi connectivity index (χ4v) is 2.62. The Morgan fingerprint density at radius 3 is 3.12 bits per heavy atom. The Hall–Kier alpha value is -0.800. The molecule has 1 fully saturated rings. The van der Waals surface area contributed by atoms with Gasteiger partial charge in [-0.05, 0) is 56.9 Å². The fourth-order valence-electron chi connectivity index (χ4n) is 2.62. The summed E-state index contributed by atoms with van der Waals surface area (Å²) in [5, 5.41) is 3.49. The van der Waals surface area contributed by atoms with Crippen molar-refractivity contribution in [2.24, 2.45) is 5.92 Å². The number of rotatable bonds is 6. The highest BCUT2D eigenvalue weighted by Crippen LogP contribution is 2.14. The molecule has 1 aromatic heterocycles. The van der Waals surface area contributed by atoms with Crippen LogP contribution in [0.1, 0.15) is 31.9 Å². The molecule has 96 valence electrons. The second-order valence-electron chi connectivity index (χ2n) is 5.03. The molecule has 0 aromatic carbocycles. The topological polar surface area (TPSA) is 28.4 Å². The van der Waals surface area contributed by atoms with Gasteiger partial charge in [0.05, 0.1) is 12.8 Å². The molecular formula is C14H24N2O. The van der Waals surface area contributed by atoms with Gasteiger partial charge >= 0.3 is 0 Å². The van der Waals surface area contributed by atoms with Crippen molar-refractivity contribution >= 4 is 0 Å². The van der Waals surface area contributed by atoms with Crippen LogP contribution in [0, 0.1) is 5.92 Å². The van der Waals surface area contributed by atoms with Gasteiger partial charge in [-0.2, -0.15) is 0 Å². The maximum Gasteiger partial charge on any atom is 0.117 e. The minimum Gasteiger partial charge on any atom is -0.468 e. The summed E-state index contributed by atoms with van der Waals surface area (Å²) in [6, 6.07) is 4.05. The molecule has 0 saturated carbocycles. The average molecular weight is 236 g/mol. The number of nitrogens with one attached hydrogen (secondary N) is 1. The van der Waals surface area contributed by atoms with Gasteiger partial charge in [0.15, 0.2) is 0 Å². The number of nitrogens with zero attached hydrogens (tertiary/aromatic N) is 1. The lowest BCUT2D eigenvalue weighted by atomic mass is 9.99. The van der Waals surface area contributed by atoms with E-state index in [1.165, 1.54) is 38.9 Å². The van der Waals surface area contributed by atoms with E-state index in [1.807, 2.05) is 6.07 Å². The molecule has 0 amide bonds. The van der Waals surface area contributed by atoms with Gasteiger partial charge in [-0.3, -0.25) is 4.90 Å². The predicted octanol–water partition coefficient (Wildman–Crippen LogP) is 2.49. The normalized spacial score (nSPS) is 20.9. The number of furan rings is 1. The molecule has 1 saturated heterocycles. The molecule has 2 heterocycles. The van der Waals surface area contributed by atoms with Crippen molar-refractivity contribution in [2.75, 3.05) is 26.2 Å². The van der Waals surface area contributed by atoms with Crippen LogP contribution in [0.5, 0.6) is 0 Å². The third kappa shape index (κ3) is 4.17. The fraction of sp³-hybridized carbons (Fsp3) is 0.714. The summed E-state index contributed by atoms with van der Waals surface area (Å²) in [5.74, 6) is 1.90. The summed E-state index contributed by atoms with van der Waals surface area (Å²) < 4.78 is 5.44. The Morgan fingerprint density at radius 1 is 1.53 bits per heavy atom. The van der Waals surface area contributed by atoms with E-state index in [0.717, 1.165) is 24.8 Å². The molecule has 1 aliphatic heterocycles. The van der Waals surface area contributed by atoms with Crippen molar-refractivity contribution in [1.29, 1.82) is 0 Å². The maximum absolute atomic E-state index is 5.44. The van der Waals surface area contributed by atoms with Crippen molar-refractivity contribution in [3.05, 3.63) is 24.2 Å². The molecule has 0 spiro atoms. The van der Waals surface area contributed by atoms with Crippen molar-refractivity contribution in [2.45, 2.75) is 32.7 Å². The summed E-state index contributed by atoms with van der Waals surface area (Å²) in [6.45, 7) is 7.94. The minimum absolute atomic E-state index is 0.810. The Morgan fingerprint density at radius 2 is 2.47 bits per heavy atom. The number of hydrogen-bond donors (Lipinski definition) is 1. The molecule has 1 atom stereocenters. The smallest absolute Gasteiger partial charge is 0.117 e. The van der Waals surface area contributed by atoms with Crippen LogP contribution in [0.25, 0.3) is 0 Å². The summed E-state index contributed by atoms with van der Waals surface area (Å²) >= 11 is 0. The summed E-state index contributed by atoms with van der Waals surface area (Å²) in [7, 11) is 0. The van der Waals surface area contributed by atoms with E-state index in [2.05, 4.69) is 23.2 Å². The third-order valence-corrected chi connectivity index (χ3v) is 3.41. The van der Waals surface area contributed by atoms with Gasteiger partial charge in [-0.25, -0.2) is 0 Å². The minimum atomic E-state index is 0.810. The first-order valence-electron chi connectivity index (χ1n) is 6.84. The second-order valence-corrected chi connectivity index (χ2v) is 5.03. The van der Waals surface area contributed by atoms with Crippen LogP contribution >= 0.6 is 0 Å².